The molecule has 0 saturated carbocycles. The van der Waals surface area contributed by atoms with Crippen molar-refractivity contribution in [3.8, 4) is 11.5 Å². The van der Waals surface area contributed by atoms with E-state index >= 15 is 0 Å². The van der Waals surface area contributed by atoms with E-state index in [-0.39, 0.29) is 0 Å². The fourth-order valence-corrected chi connectivity index (χ4v) is 5.69. The molecular formula is C46H76O4. The quantitative estimate of drug-likeness (QED) is 0.0437. The summed E-state index contributed by atoms with van der Waals surface area (Å²) < 4.78 is 17.3. The summed E-state index contributed by atoms with van der Waals surface area (Å²) in [6.45, 7) is 5.92. The van der Waals surface area contributed by atoms with Crippen LogP contribution < -0.4 is 9.47 Å². The van der Waals surface area contributed by atoms with Gasteiger partial charge in [0.25, 0.3) is 0 Å². The number of allylic oxidation sites excluding steroid dienone is 8. The van der Waals surface area contributed by atoms with Crippen molar-refractivity contribution >= 4 is 6.08 Å². The summed E-state index contributed by atoms with van der Waals surface area (Å²) in [5, 5.41) is 9.81. The minimum atomic E-state index is -0.930. The van der Waals surface area contributed by atoms with E-state index in [2.05, 4.69) is 62.5 Å². The van der Waals surface area contributed by atoms with Gasteiger partial charge in [-0.1, -0.05) is 146 Å². The van der Waals surface area contributed by atoms with Gasteiger partial charge in [0.1, 0.15) is 11.5 Å². The number of rotatable bonds is 35. The molecule has 0 aromatic heterocycles. The van der Waals surface area contributed by atoms with Crippen molar-refractivity contribution < 1.29 is 19.3 Å². The van der Waals surface area contributed by atoms with E-state index in [1.807, 2.05) is 24.3 Å². The second-order valence-electron chi connectivity index (χ2n) is 13.6. The Labute approximate surface area is 309 Å². The van der Waals surface area contributed by atoms with E-state index in [4.69, 9.17) is 14.2 Å². The first-order valence-corrected chi connectivity index (χ1v) is 20.6. The van der Waals surface area contributed by atoms with Crippen molar-refractivity contribution in [2.45, 2.75) is 174 Å². The highest BCUT2D eigenvalue weighted by molar-refractivity contribution is 5.55. The van der Waals surface area contributed by atoms with Crippen LogP contribution in [0.3, 0.4) is 0 Å². The van der Waals surface area contributed by atoms with Crippen LogP contribution in [0.15, 0.2) is 72.9 Å². The Hall–Kier alpha value is -2.56. The number of aliphatic hydroxyl groups is 1. The average Bonchev–Trinajstić information content (AvgIpc) is 3.13. The number of benzene rings is 1. The predicted molar refractivity (Wildman–Crippen MR) is 218 cm³/mol. The monoisotopic (exact) mass is 693 g/mol. The van der Waals surface area contributed by atoms with Gasteiger partial charge in [-0.2, -0.15) is 0 Å². The van der Waals surface area contributed by atoms with Crippen LogP contribution in [0.4, 0.5) is 0 Å². The Morgan fingerprint density at radius 3 is 1.28 bits per heavy atom. The molecule has 0 bridgehead atoms. The molecule has 4 nitrogen and oxygen atoms in total. The highest BCUT2D eigenvalue weighted by Crippen LogP contribution is 2.25. The van der Waals surface area contributed by atoms with Gasteiger partial charge in [0.15, 0.2) is 6.29 Å². The van der Waals surface area contributed by atoms with Crippen LogP contribution in [0.1, 0.15) is 174 Å². The summed E-state index contributed by atoms with van der Waals surface area (Å²) in [4.78, 5) is 0. The molecule has 1 N–H and O–H groups in total. The van der Waals surface area contributed by atoms with Gasteiger partial charge < -0.3 is 19.3 Å². The zero-order valence-electron chi connectivity index (χ0n) is 32.6. The maximum atomic E-state index is 9.81. The molecule has 284 valence electrons. The van der Waals surface area contributed by atoms with Gasteiger partial charge in [0, 0.05) is 13.2 Å². The van der Waals surface area contributed by atoms with E-state index < -0.39 is 6.29 Å². The molecule has 0 aliphatic heterocycles. The van der Waals surface area contributed by atoms with Crippen LogP contribution >= 0.6 is 0 Å². The van der Waals surface area contributed by atoms with Crippen molar-refractivity contribution in [3.05, 3.63) is 78.4 Å². The summed E-state index contributed by atoms with van der Waals surface area (Å²) in [7, 11) is 1.49. The second-order valence-corrected chi connectivity index (χ2v) is 13.6. The number of hydrogen-bond donors (Lipinski definition) is 1. The minimum Gasteiger partial charge on any atom is -0.493 e. The van der Waals surface area contributed by atoms with Crippen molar-refractivity contribution in [2.75, 3.05) is 20.3 Å². The molecule has 4 heteroatoms. The maximum absolute atomic E-state index is 9.81. The molecule has 0 heterocycles. The fraction of sp³-hybridized carbons (Fsp3) is 0.652. The van der Waals surface area contributed by atoms with Crippen molar-refractivity contribution in [2.24, 2.45) is 0 Å². The summed E-state index contributed by atoms with van der Waals surface area (Å²) in [5.41, 5.74) is 0.933. The number of unbranched alkanes of at least 4 members (excludes halogenated alkanes) is 18. The molecule has 1 rings (SSSR count). The Balaban J connectivity index is 2.22. The lowest BCUT2D eigenvalue weighted by atomic mass is 10.1. The van der Waals surface area contributed by atoms with E-state index in [9.17, 15) is 5.11 Å². The number of hydrogen-bond acceptors (Lipinski definition) is 4. The zero-order chi connectivity index (χ0) is 36.0. The first kappa shape index (κ1) is 45.5. The van der Waals surface area contributed by atoms with Crippen LogP contribution in [0, 0.1) is 0 Å². The van der Waals surface area contributed by atoms with Crippen LogP contribution in [0.2, 0.25) is 0 Å². The summed E-state index contributed by atoms with van der Waals surface area (Å²) in [5.74, 6) is 1.63. The molecule has 0 radical (unpaired) electrons. The van der Waals surface area contributed by atoms with Crippen molar-refractivity contribution in [1.29, 1.82) is 0 Å². The third-order valence-corrected chi connectivity index (χ3v) is 8.82. The normalized spacial score (nSPS) is 12.9. The molecule has 1 unspecified atom stereocenters. The first-order chi connectivity index (χ1) is 24.7. The van der Waals surface area contributed by atoms with Gasteiger partial charge in [0.2, 0.25) is 0 Å². The molecule has 0 aliphatic carbocycles. The molecule has 1 aromatic carbocycles. The average molecular weight is 693 g/mol. The third-order valence-electron chi connectivity index (χ3n) is 8.82. The van der Waals surface area contributed by atoms with Crippen LogP contribution in [-0.4, -0.2) is 31.7 Å². The van der Waals surface area contributed by atoms with Gasteiger partial charge in [-0.3, -0.25) is 0 Å². The molecule has 1 aromatic rings. The fourth-order valence-electron chi connectivity index (χ4n) is 5.69. The molecule has 1 atom stereocenters. The molecule has 50 heavy (non-hydrogen) atoms. The van der Waals surface area contributed by atoms with Crippen LogP contribution in [0.25, 0.3) is 6.08 Å². The number of ether oxygens (including phenoxy) is 3. The molecule has 0 aliphatic rings. The molecule has 0 amide bonds. The number of methoxy groups -OCH3 is 1. The molecule has 0 saturated heterocycles. The molecular weight excluding hydrogens is 617 g/mol. The minimum absolute atomic E-state index is 0.702. The SMILES string of the molecule is CCCCC/C=C\C/C=C\CCCCCCCCOc1cc(/C=C/C(O)OC)cc(OCCCCCCCC/C=C\C/C=C\CCCCC)c1. The second kappa shape index (κ2) is 36.2. The zero-order valence-corrected chi connectivity index (χ0v) is 32.6. The lowest BCUT2D eigenvalue weighted by Crippen LogP contribution is -2.03. The van der Waals surface area contributed by atoms with E-state index in [1.165, 1.54) is 136 Å². The van der Waals surface area contributed by atoms with E-state index in [1.54, 1.807) is 6.08 Å². The van der Waals surface area contributed by atoms with Crippen LogP contribution in [0.5, 0.6) is 11.5 Å². The Morgan fingerprint density at radius 1 is 0.500 bits per heavy atom. The third kappa shape index (κ3) is 30.3. The molecule has 0 spiro atoms. The summed E-state index contributed by atoms with van der Waals surface area (Å²) >= 11 is 0. The van der Waals surface area contributed by atoms with Gasteiger partial charge in [0.05, 0.1) is 13.2 Å². The summed E-state index contributed by atoms with van der Waals surface area (Å²) in [6.07, 6.45) is 50.8. The van der Waals surface area contributed by atoms with E-state index in [0.29, 0.717) is 13.2 Å². The van der Waals surface area contributed by atoms with Gasteiger partial charge in [-0.15, -0.1) is 0 Å². The highest BCUT2D eigenvalue weighted by atomic mass is 16.6. The lowest BCUT2D eigenvalue weighted by Gasteiger charge is -2.12. The topological polar surface area (TPSA) is 47.9 Å². The summed E-state index contributed by atoms with van der Waals surface area (Å²) in [6, 6.07) is 6.00. The maximum Gasteiger partial charge on any atom is 0.174 e. The highest BCUT2D eigenvalue weighted by Gasteiger charge is 2.04. The largest absolute Gasteiger partial charge is 0.493 e. The van der Waals surface area contributed by atoms with Crippen LogP contribution in [-0.2, 0) is 4.74 Å². The van der Waals surface area contributed by atoms with Crippen molar-refractivity contribution in [3.63, 3.8) is 0 Å². The Kier molecular flexibility index (Phi) is 32.9. The van der Waals surface area contributed by atoms with E-state index in [0.717, 1.165) is 42.7 Å². The standard InChI is InChI=1S/C46H76O4/c1-4-6-8-10-12-14-16-18-20-22-24-26-28-30-32-34-38-49-44-40-43(36-37-46(47)48-3)41-45(42-44)50-39-35-33-31-29-27-25-23-21-19-17-15-13-11-9-7-5-2/h12-15,18-21,36-37,40-42,46-47H,4-11,16-17,22-35,38-39H2,1-3H3/b14-12-,15-13-,20-18-,21-19-,37-36+. The molecule has 0 fully saturated rings. The smallest absolute Gasteiger partial charge is 0.174 e. The lowest BCUT2D eigenvalue weighted by molar-refractivity contribution is -0.0350. The van der Waals surface area contributed by atoms with Gasteiger partial charge in [-0.05, 0) is 101 Å². The Bertz CT molecular complexity index is 953. The predicted octanol–water partition coefficient (Wildman–Crippen LogP) is 14.0. The first-order valence-electron chi connectivity index (χ1n) is 20.6. The van der Waals surface area contributed by atoms with Gasteiger partial charge >= 0.3 is 0 Å². The van der Waals surface area contributed by atoms with Crippen molar-refractivity contribution in [1.82, 2.24) is 0 Å². The number of aliphatic hydroxyl groups excluding tert-OH is 1. The van der Waals surface area contributed by atoms with Gasteiger partial charge in [-0.25, -0.2) is 0 Å². The Morgan fingerprint density at radius 2 is 0.880 bits per heavy atom.